The minimum Gasteiger partial charge on any atom is -0.361 e. The lowest BCUT2D eigenvalue weighted by Gasteiger charge is -2.20. The summed E-state index contributed by atoms with van der Waals surface area (Å²) in [5.74, 6) is 0.622. The molecule has 2 aromatic carbocycles. The molecule has 1 aromatic heterocycles. The zero-order valence-electron chi connectivity index (χ0n) is 17.5. The molecule has 1 aliphatic heterocycles. The maximum atomic E-state index is 12.8. The van der Waals surface area contributed by atoms with Crippen LogP contribution in [0.15, 0.2) is 59.7 Å². The largest absolute Gasteiger partial charge is 0.361 e. The van der Waals surface area contributed by atoms with Crippen LogP contribution in [0.2, 0.25) is 0 Å². The maximum Gasteiger partial charge on any atom is 0.236 e. The highest BCUT2D eigenvalue weighted by Gasteiger charge is 2.28. The van der Waals surface area contributed by atoms with E-state index in [-0.39, 0.29) is 29.7 Å². The molecule has 0 aliphatic carbocycles. The number of aliphatic imine (C=N–C) groups is 1. The molecule has 0 bridgehead atoms. The van der Waals surface area contributed by atoms with E-state index in [9.17, 15) is 8.42 Å². The Hall–Kier alpha value is -2.27. The van der Waals surface area contributed by atoms with Gasteiger partial charge in [-0.3, -0.25) is 9.30 Å². The minimum atomic E-state index is -3.37. The number of fused-ring (bicyclic) bond motifs is 2. The van der Waals surface area contributed by atoms with Crippen LogP contribution in [-0.2, 0) is 22.9 Å². The monoisotopic (exact) mass is 553 g/mol. The predicted octanol–water partition coefficient (Wildman–Crippen LogP) is 2.89. The van der Waals surface area contributed by atoms with Crippen molar-refractivity contribution >= 4 is 56.5 Å². The van der Waals surface area contributed by atoms with Crippen LogP contribution in [0.3, 0.4) is 0 Å². The number of nitrogens with one attached hydrogen (secondary N) is 3. The molecular formula is C22H28IN5O2S. The molecule has 0 radical (unpaired) electrons. The van der Waals surface area contributed by atoms with Gasteiger partial charge in [-0.15, -0.1) is 24.0 Å². The zero-order chi connectivity index (χ0) is 21.0. The smallest absolute Gasteiger partial charge is 0.236 e. The van der Waals surface area contributed by atoms with Crippen LogP contribution >= 0.6 is 24.0 Å². The Morgan fingerprint density at radius 3 is 2.68 bits per heavy atom. The molecular weight excluding hydrogens is 525 g/mol. The van der Waals surface area contributed by atoms with E-state index in [1.165, 1.54) is 15.3 Å². The highest BCUT2D eigenvalue weighted by Crippen LogP contribution is 2.29. The van der Waals surface area contributed by atoms with Crippen molar-refractivity contribution in [1.82, 2.24) is 15.6 Å². The Kier molecular flexibility index (Phi) is 7.82. The van der Waals surface area contributed by atoms with Crippen LogP contribution in [0.25, 0.3) is 10.9 Å². The van der Waals surface area contributed by atoms with Crippen molar-refractivity contribution in [2.45, 2.75) is 12.8 Å². The second kappa shape index (κ2) is 10.4. The number of rotatable bonds is 7. The van der Waals surface area contributed by atoms with E-state index in [1.807, 2.05) is 42.6 Å². The number of nitrogens with zero attached hydrogens (tertiary/aromatic N) is 2. The van der Waals surface area contributed by atoms with Crippen molar-refractivity contribution in [3.63, 3.8) is 0 Å². The number of hydrogen-bond acceptors (Lipinski definition) is 3. The molecule has 2 heterocycles. The van der Waals surface area contributed by atoms with Crippen molar-refractivity contribution in [2.75, 3.05) is 36.7 Å². The third-order valence-corrected chi connectivity index (χ3v) is 7.19. The Bertz CT molecular complexity index is 1160. The molecule has 0 saturated heterocycles. The molecule has 31 heavy (non-hydrogen) atoms. The van der Waals surface area contributed by atoms with Crippen LogP contribution < -0.4 is 14.9 Å². The highest BCUT2D eigenvalue weighted by molar-refractivity contribution is 14.0. The molecule has 0 amide bonds. The number of guanidine groups is 1. The van der Waals surface area contributed by atoms with Crippen LogP contribution in [-0.4, -0.2) is 51.8 Å². The van der Waals surface area contributed by atoms with Gasteiger partial charge in [0, 0.05) is 43.8 Å². The number of H-pyrrole nitrogens is 1. The fourth-order valence-electron chi connectivity index (χ4n) is 3.88. The van der Waals surface area contributed by atoms with E-state index in [0.29, 0.717) is 25.6 Å². The molecule has 3 aromatic rings. The number of aromatic amines is 1. The van der Waals surface area contributed by atoms with E-state index in [0.717, 1.165) is 29.6 Å². The maximum absolute atomic E-state index is 12.8. The normalized spacial score (nSPS) is 13.7. The Morgan fingerprint density at radius 1 is 1.10 bits per heavy atom. The first-order chi connectivity index (χ1) is 14.6. The molecule has 9 heteroatoms. The summed E-state index contributed by atoms with van der Waals surface area (Å²) in [5, 5.41) is 7.60. The van der Waals surface area contributed by atoms with Crippen LogP contribution in [0.5, 0.6) is 0 Å². The molecule has 0 atom stereocenters. The number of sulfonamides is 1. The van der Waals surface area contributed by atoms with Gasteiger partial charge in [0.15, 0.2) is 5.96 Å². The van der Waals surface area contributed by atoms with E-state index >= 15 is 0 Å². The van der Waals surface area contributed by atoms with E-state index in [4.69, 9.17) is 0 Å². The van der Waals surface area contributed by atoms with Gasteiger partial charge < -0.3 is 15.6 Å². The van der Waals surface area contributed by atoms with Gasteiger partial charge in [0.2, 0.25) is 10.0 Å². The second-order valence-corrected chi connectivity index (χ2v) is 9.31. The van der Waals surface area contributed by atoms with Crippen molar-refractivity contribution in [2.24, 2.45) is 4.99 Å². The molecule has 0 saturated carbocycles. The summed E-state index contributed by atoms with van der Waals surface area (Å²) >= 11 is 0. The summed E-state index contributed by atoms with van der Waals surface area (Å²) in [7, 11) is -1.69. The van der Waals surface area contributed by atoms with Crippen LogP contribution in [0.4, 0.5) is 5.69 Å². The summed E-state index contributed by atoms with van der Waals surface area (Å²) < 4.78 is 27.1. The summed E-state index contributed by atoms with van der Waals surface area (Å²) in [5.41, 5.74) is 4.26. The Balaban J connectivity index is 0.00000272. The molecule has 0 fully saturated rings. The Morgan fingerprint density at radius 2 is 1.84 bits per heavy atom. The third kappa shape index (κ3) is 5.32. The average Bonchev–Trinajstić information content (AvgIpc) is 3.37. The molecule has 1 aliphatic rings. The van der Waals surface area contributed by atoms with Crippen molar-refractivity contribution in [3.8, 4) is 0 Å². The fraction of sp³-hybridized carbons (Fsp3) is 0.318. The Labute approximate surface area is 200 Å². The number of aromatic nitrogens is 1. The first-order valence-corrected chi connectivity index (χ1v) is 11.8. The first kappa shape index (κ1) is 23.4. The van der Waals surface area contributed by atoms with Gasteiger partial charge in [-0.2, -0.15) is 0 Å². The standard InChI is InChI=1S/C22H27N5O2S.HI/c1-23-22(24-12-10-18-16-26-20-8-4-3-7-19(18)20)25-13-15-30(28,29)27-14-11-17-6-2-5-9-21(17)27;/h2-9,16,26H,10-15H2,1H3,(H2,23,24,25);1H. The zero-order valence-corrected chi connectivity index (χ0v) is 20.6. The van der Waals surface area contributed by atoms with Crippen molar-refractivity contribution < 1.29 is 8.42 Å². The lowest BCUT2D eigenvalue weighted by Crippen LogP contribution is -2.42. The number of para-hydroxylation sites is 2. The van der Waals surface area contributed by atoms with Gasteiger partial charge in [0.25, 0.3) is 0 Å². The number of benzene rings is 2. The number of anilines is 1. The van der Waals surface area contributed by atoms with E-state index < -0.39 is 10.0 Å². The third-order valence-electron chi connectivity index (χ3n) is 5.42. The van der Waals surface area contributed by atoms with Gasteiger partial charge in [0.05, 0.1) is 11.4 Å². The van der Waals surface area contributed by atoms with Gasteiger partial charge in [-0.25, -0.2) is 8.42 Å². The van der Waals surface area contributed by atoms with Crippen molar-refractivity contribution in [1.29, 1.82) is 0 Å². The molecule has 0 spiro atoms. The topological polar surface area (TPSA) is 89.6 Å². The van der Waals surface area contributed by atoms with Gasteiger partial charge in [0.1, 0.15) is 0 Å². The SMILES string of the molecule is CN=C(NCCc1c[nH]c2ccccc12)NCCS(=O)(=O)N1CCc2ccccc21.I. The van der Waals surface area contributed by atoms with Gasteiger partial charge in [-0.05, 0) is 36.1 Å². The quantitative estimate of drug-likeness (QED) is 0.239. The average molecular weight is 553 g/mol. The summed E-state index contributed by atoms with van der Waals surface area (Å²) in [6.07, 6.45) is 3.64. The minimum absolute atomic E-state index is 0. The first-order valence-electron chi connectivity index (χ1n) is 10.2. The predicted molar refractivity (Wildman–Crippen MR) is 138 cm³/mol. The van der Waals surface area contributed by atoms with E-state index in [2.05, 4.69) is 32.7 Å². The highest BCUT2D eigenvalue weighted by atomic mass is 127. The summed E-state index contributed by atoms with van der Waals surface area (Å²) in [6, 6.07) is 15.9. The molecule has 3 N–H and O–H groups in total. The molecule has 166 valence electrons. The summed E-state index contributed by atoms with van der Waals surface area (Å²) in [4.78, 5) is 7.48. The molecule has 7 nitrogen and oxygen atoms in total. The van der Waals surface area contributed by atoms with Crippen LogP contribution in [0, 0.1) is 0 Å². The number of hydrogen-bond donors (Lipinski definition) is 3. The van der Waals surface area contributed by atoms with Gasteiger partial charge >= 0.3 is 0 Å². The molecule has 0 unspecified atom stereocenters. The number of halogens is 1. The lowest BCUT2D eigenvalue weighted by molar-refractivity contribution is 0.591. The van der Waals surface area contributed by atoms with E-state index in [1.54, 1.807) is 7.05 Å². The second-order valence-electron chi connectivity index (χ2n) is 7.30. The van der Waals surface area contributed by atoms with Crippen molar-refractivity contribution in [3.05, 3.63) is 65.9 Å². The fourth-order valence-corrected chi connectivity index (χ4v) is 5.31. The molecule has 4 rings (SSSR count). The van der Waals surface area contributed by atoms with Crippen LogP contribution in [0.1, 0.15) is 11.1 Å². The summed E-state index contributed by atoms with van der Waals surface area (Å²) in [6.45, 7) is 1.51. The van der Waals surface area contributed by atoms with Gasteiger partial charge in [-0.1, -0.05) is 36.4 Å². The lowest BCUT2D eigenvalue weighted by atomic mass is 10.1.